The molecule has 0 atom stereocenters. The summed E-state index contributed by atoms with van der Waals surface area (Å²) in [5.74, 6) is 0.0486. The maximum atomic E-state index is 12.0. The minimum Gasteiger partial charge on any atom is -0.472 e. The molecule has 5 rings (SSSR count). The van der Waals surface area contributed by atoms with Crippen molar-refractivity contribution < 1.29 is 9.21 Å². The third-order valence-corrected chi connectivity index (χ3v) is 4.98. The zero-order valence-corrected chi connectivity index (χ0v) is 15.7. The van der Waals surface area contributed by atoms with Crippen LogP contribution in [0.3, 0.4) is 0 Å². The number of hydrogen-bond donors (Lipinski definition) is 0. The van der Waals surface area contributed by atoms with Gasteiger partial charge >= 0.3 is 0 Å². The number of benzene rings is 2. The van der Waals surface area contributed by atoms with Gasteiger partial charge < -0.3 is 4.42 Å². The van der Waals surface area contributed by atoms with E-state index in [2.05, 4.69) is 16.0 Å². The molecule has 0 aliphatic carbocycles. The monoisotopic (exact) mass is 379 g/mol. The Kier molecular flexibility index (Phi) is 4.06. The molecular weight excluding hydrogens is 362 g/mol. The molecule has 0 bridgehead atoms. The highest BCUT2D eigenvalue weighted by Gasteiger charge is 2.12. The molecule has 0 amide bonds. The Morgan fingerprint density at radius 3 is 2.66 bits per heavy atom. The first-order valence-corrected chi connectivity index (χ1v) is 9.27. The highest BCUT2D eigenvalue weighted by atomic mass is 16.3. The summed E-state index contributed by atoms with van der Waals surface area (Å²) in [6.45, 7) is 1.59. The number of furan rings is 1. The molecule has 0 radical (unpaired) electrons. The normalized spacial score (nSPS) is 11.1. The van der Waals surface area contributed by atoms with Crippen molar-refractivity contribution in [1.29, 1.82) is 0 Å². The van der Waals surface area contributed by atoms with E-state index in [1.165, 1.54) is 0 Å². The van der Waals surface area contributed by atoms with Crippen molar-refractivity contribution in [1.82, 2.24) is 14.5 Å². The minimum absolute atomic E-state index is 0.0486. The Bertz CT molecular complexity index is 1330. The molecule has 140 valence electrons. The van der Waals surface area contributed by atoms with Crippen molar-refractivity contribution in [3.05, 3.63) is 91.3 Å². The van der Waals surface area contributed by atoms with Gasteiger partial charge in [0.1, 0.15) is 11.8 Å². The first-order valence-electron chi connectivity index (χ1n) is 9.27. The van der Waals surface area contributed by atoms with E-state index in [1.807, 2.05) is 65.4 Å². The molecule has 0 fully saturated rings. The van der Waals surface area contributed by atoms with Crippen molar-refractivity contribution >= 4 is 16.9 Å². The number of rotatable bonds is 4. The topological polar surface area (TPSA) is 60.9 Å². The third-order valence-electron chi connectivity index (χ3n) is 4.98. The second kappa shape index (κ2) is 6.87. The van der Waals surface area contributed by atoms with Gasteiger partial charge in [-0.3, -0.25) is 9.36 Å². The highest BCUT2D eigenvalue weighted by Crippen LogP contribution is 2.28. The van der Waals surface area contributed by atoms with E-state index in [4.69, 9.17) is 4.42 Å². The fraction of sp³-hybridized carbons (Fsp3) is 0.0417. The van der Waals surface area contributed by atoms with E-state index < -0.39 is 0 Å². The molecule has 3 aromatic heterocycles. The van der Waals surface area contributed by atoms with Crippen LogP contribution in [-0.4, -0.2) is 20.3 Å². The maximum absolute atomic E-state index is 12.0. The number of aromatic nitrogens is 3. The SMILES string of the molecule is CC(=O)c1ccccc1-c1cccc(-n2cnc3cc(-c4ccoc4)cnc32)c1. The number of Topliss-reactive ketones (excluding diaryl/α,β-unsaturated/α-hetero) is 1. The number of pyridine rings is 1. The minimum atomic E-state index is 0.0486. The van der Waals surface area contributed by atoms with Crippen LogP contribution in [0, 0.1) is 0 Å². The number of hydrogen-bond acceptors (Lipinski definition) is 4. The number of carbonyl (C=O) groups excluding carboxylic acids is 1. The number of imidazole rings is 1. The molecule has 29 heavy (non-hydrogen) atoms. The molecule has 5 nitrogen and oxygen atoms in total. The van der Waals surface area contributed by atoms with Crippen LogP contribution in [0.2, 0.25) is 0 Å². The van der Waals surface area contributed by atoms with E-state index in [0.717, 1.165) is 39.1 Å². The molecule has 0 unspecified atom stereocenters. The molecule has 5 heteroatoms. The number of fused-ring (bicyclic) bond motifs is 1. The van der Waals surface area contributed by atoms with Crippen LogP contribution in [0.1, 0.15) is 17.3 Å². The smallest absolute Gasteiger partial charge is 0.164 e. The molecule has 0 spiro atoms. The van der Waals surface area contributed by atoms with Crippen LogP contribution in [0.4, 0.5) is 0 Å². The second-order valence-electron chi connectivity index (χ2n) is 6.85. The van der Waals surface area contributed by atoms with E-state index in [9.17, 15) is 4.79 Å². The average Bonchev–Trinajstić information content (AvgIpc) is 3.43. The fourth-order valence-corrected chi connectivity index (χ4v) is 3.54. The van der Waals surface area contributed by atoms with Gasteiger partial charge in [-0.15, -0.1) is 0 Å². The standard InChI is InChI=1S/C24H17N3O2/c1-16(28)21-7-2-3-8-22(21)17-5-4-6-20(11-17)27-15-26-23-12-19(13-25-24(23)27)18-9-10-29-14-18/h2-15H,1H3. The highest BCUT2D eigenvalue weighted by molar-refractivity contribution is 6.00. The van der Waals surface area contributed by atoms with Gasteiger partial charge in [0.25, 0.3) is 0 Å². The molecule has 0 N–H and O–H groups in total. The largest absolute Gasteiger partial charge is 0.472 e. The van der Waals surface area contributed by atoms with Crippen LogP contribution in [0.5, 0.6) is 0 Å². The predicted molar refractivity (Wildman–Crippen MR) is 112 cm³/mol. The first-order chi connectivity index (χ1) is 14.2. The molecule has 0 saturated carbocycles. The van der Waals surface area contributed by atoms with Crippen molar-refractivity contribution in [2.45, 2.75) is 6.92 Å². The predicted octanol–water partition coefficient (Wildman–Crippen LogP) is 5.55. The Morgan fingerprint density at radius 2 is 1.83 bits per heavy atom. The van der Waals surface area contributed by atoms with Gasteiger partial charge in [-0.05, 0) is 42.3 Å². The summed E-state index contributed by atoms with van der Waals surface area (Å²) < 4.78 is 7.11. The van der Waals surface area contributed by atoms with Gasteiger partial charge in [0.15, 0.2) is 11.4 Å². The van der Waals surface area contributed by atoms with Crippen molar-refractivity contribution in [2.75, 3.05) is 0 Å². The van der Waals surface area contributed by atoms with Gasteiger partial charge in [0, 0.05) is 28.6 Å². The average molecular weight is 379 g/mol. The lowest BCUT2D eigenvalue weighted by Gasteiger charge is -2.10. The van der Waals surface area contributed by atoms with E-state index in [-0.39, 0.29) is 5.78 Å². The summed E-state index contributed by atoms with van der Waals surface area (Å²) >= 11 is 0. The summed E-state index contributed by atoms with van der Waals surface area (Å²) in [5, 5.41) is 0. The maximum Gasteiger partial charge on any atom is 0.164 e. The molecule has 0 saturated heterocycles. The lowest BCUT2D eigenvalue weighted by atomic mass is 9.97. The van der Waals surface area contributed by atoms with Gasteiger partial charge in [-0.2, -0.15) is 0 Å². The lowest BCUT2D eigenvalue weighted by molar-refractivity contribution is 0.101. The summed E-state index contributed by atoms with van der Waals surface area (Å²) in [5.41, 5.74) is 7.05. The molecule has 0 aliphatic rings. The quantitative estimate of drug-likeness (QED) is 0.384. The van der Waals surface area contributed by atoms with Gasteiger partial charge in [0.05, 0.1) is 12.5 Å². The summed E-state index contributed by atoms with van der Waals surface area (Å²) in [7, 11) is 0. The Labute approximate surface area is 167 Å². The molecular formula is C24H17N3O2. The van der Waals surface area contributed by atoms with Crippen LogP contribution in [0.25, 0.3) is 39.1 Å². The zero-order valence-electron chi connectivity index (χ0n) is 15.7. The first kappa shape index (κ1) is 17.1. The summed E-state index contributed by atoms with van der Waals surface area (Å²) in [6.07, 6.45) is 6.92. The van der Waals surface area contributed by atoms with Crippen LogP contribution in [0.15, 0.2) is 90.1 Å². The van der Waals surface area contributed by atoms with Crippen LogP contribution >= 0.6 is 0 Å². The van der Waals surface area contributed by atoms with E-state index in [0.29, 0.717) is 5.56 Å². The van der Waals surface area contributed by atoms with E-state index >= 15 is 0 Å². The number of ketones is 1. The van der Waals surface area contributed by atoms with Crippen molar-refractivity contribution in [3.63, 3.8) is 0 Å². The van der Waals surface area contributed by atoms with Crippen LogP contribution < -0.4 is 0 Å². The molecule has 2 aromatic carbocycles. The van der Waals surface area contributed by atoms with Gasteiger partial charge in [-0.25, -0.2) is 9.97 Å². The number of nitrogens with zero attached hydrogens (tertiary/aromatic N) is 3. The van der Waals surface area contributed by atoms with E-state index in [1.54, 1.807) is 25.8 Å². The van der Waals surface area contributed by atoms with Gasteiger partial charge in [-0.1, -0.05) is 36.4 Å². The summed E-state index contributed by atoms with van der Waals surface area (Å²) in [4.78, 5) is 21.2. The molecule has 3 heterocycles. The fourth-order valence-electron chi connectivity index (χ4n) is 3.54. The lowest BCUT2D eigenvalue weighted by Crippen LogP contribution is -1.97. The van der Waals surface area contributed by atoms with Gasteiger partial charge in [0.2, 0.25) is 0 Å². The van der Waals surface area contributed by atoms with Crippen molar-refractivity contribution in [2.24, 2.45) is 0 Å². The van der Waals surface area contributed by atoms with Crippen molar-refractivity contribution in [3.8, 4) is 27.9 Å². The molecule has 5 aromatic rings. The zero-order chi connectivity index (χ0) is 19.8. The molecule has 0 aliphatic heterocycles. The Hall–Kier alpha value is -3.99. The number of carbonyl (C=O) groups is 1. The Morgan fingerprint density at radius 1 is 0.931 bits per heavy atom. The Balaban J connectivity index is 1.60. The third kappa shape index (κ3) is 3.02. The van der Waals surface area contributed by atoms with Crippen LogP contribution in [-0.2, 0) is 0 Å². The second-order valence-corrected chi connectivity index (χ2v) is 6.85. The summed E-state index contributed by atoms with van der Waals surface area (Å²) in [6, 6.07) is 19.6.